The van der Waals surface area contributed by atoms with Crippen molar-refractivity contribution < 1.29 is 4.79 Å². The van der Waals surface area contributed by atoms with E-state index < -0.39 is 0 Å². The molecule has 0 rings (SSSR count). The number of allylic oxidation sites excluding steroid dienone is 3. The fourth-order valence-electron chi connectivity index (χ4n) is 0.520. The van der Waals surface area contributed by atoms with Gasteiger partial charge in [0.05, 0.1) is 6.54 Å². The standard InChI is InChI=1S/C8H11NO.C3H8/c1-3-5-7(4-2)8(10)6-9;1-3-2/h3-5H,1-2,6,9H2;3H2,1-2H3/b7-5+;. The Hall–Kier alpha value is -1.15. The Bertz CT molecular complexity index is 192. The Morgan fingerprint density at radius 3 is 2.08 bits per heavy atom. The molecule has 0 aromatic rings. The van der Waals surface area contributed by atoms with Gasteiger partial charge in [-0.3, -0.25) is 4.79 Å². The van der Waals surface area contributed by atoms with Gasteiger partial charge in [0.15, 0.2) is 5.78 Å². The Morgan fingerprint density at radius 2 is 1.85 bits per heavy atom. The van der Waals surface area contributed by atoms with Gasteiger partial charge in [-0.05, 0) is 0 Å². The molecule has 0 aliphatic carbocycles. The van der Waals surface area contributed by atoms with Gasteiger partial charge in [-0.25, -0.2) is 0 Å². The van der Waals surface area contributed by atoms with Gasteiger partial charge < -0.3 is 5.73 Å². The van der Waals surface area contributed by atoms with Crippen LogP contribution in [0.5, 0.6) is 0 Å². The number of nitrogens with two attached hydrogens (primary N) is 1. The van der Waals surface area contributed by atoms with Crippen molar-refractivity contribution in [2.75, 3.05) is 6.54 Å². The number of carbonyl (C=O) groups excluding carboxylic acids is 1. The summed E-state index contributed by atoms with van der Waals surface area (Å²) in [4.78, 5) is 10.8. The molecule has 0 bridgehead atoms. The lowest BCUT2D eigenvalue weighted by molar-refractivity contribution is -0.114. The fourth-order valence-corrected chi connectivity index (χ4v) is 0.520. The van der Waals surface area contributed by atoms with Crippen LogP contribution in [0.4, 0.5) is 0 Å². The summed E-state index contributed by atoms with van der Waals surface area (Å²) in [6.45, 7) is 11.2. The number of ketones is 1. The molecule has 0 aromatic carbocycles. The lowest BCUT2D eigenvalue weighted by Crippen LogP contribution is -2.14. The summed E-state index contributed by atoms with van der Waals surface area (Å²) in [5.74, 6) is -0.116. The summed E-state index contributed by atoms with van der Waals surface area (Å²) < 4.78 is 0. The Balaban J connectivity index is 0. The first-order chi connectivity index (χ1) is 6.17. The van der Waals surface area contributed by atoms with Gasteiger partial charge in [0.1, 0.15) is 0 Å². The van der Waals surface area contributed by atoms with Gasteiger partial charge in [-0.2, -0.15) is 0 Å². The molecule has 0 heterocycles. The van der Waals surface area contributed by atoms with Crippen LogP contribution in [-0.2, 0) is 4.79 Å². The summed E-state index contributed by atoms with van der Waals surface area (Å²) in [6.07, 6.45) is 5.84. The highest BCUT2D eigenvalue weighted by atomic mass is 16.1. The molecule has 0 amide bonds. The minimum Gasteiger partial charge on any atom is -0.324 e. The SMILES string of the molecule is C=C/C=C(\C=C)C(=O)CN.CCC. The summed E-state index contributed by atoms with van der Waals surface area (Å²) in [7, 11) is 0. The van der Waals surface area contributed by atoms with Crippen LogP contribution >= 0.6 is 0 Å². The van der Waals surface area contributed by atoms with E-state index in [2.05, 4.69) is 27.0 Å². The monoisotopic (exact) mass is 181 g/mol. The third kappa shape index (κ3) is 8.76. The second kappa shape index (κ2) is 10.8. The van der Waals surface area contributed by atoms with Crippen LogP contribution in [0.15, 0.2) is 37.0 Å². The lowest BCUT2D eigenvalue weighted by Gasteiger charge is -1.93. The van der Waals surface area contributed by atoms with Crippen molar-refractivity contribution in [2.45, 2.75) is 20.3 Å². The van der Waals surface area contributed by atoms with E-state index in [0.717, 1.165) is 0 Å². The van der Waals surface area contributed by atoms with Crippen molar-refractivity contribution in [3.63, 3.8) is 0 Å². The van der Waals surface area contributed by atoms with Gasteiger partial charge >= 0.3 is 0 Å². The quantitative estimate of drug-likeness (QED) is 0.534. The Labute approximate surface area is 80.8 Å². The average Bonchev–Trinajstić information content (AvgIpc) is 2.14. The molecule has 0 spiro atoms. The number of hydrogen-bond acceptors (Lipinski definition) is 2. The molecule has 0 radical (unpaired) electrons. The summed E-state index contributed by atoms with van der Waals surface area (Å²) >= 11 is 0. The smallest absolute Gasteiger partial charge is 0.176 e. The number of carbonyl (C=O) groups is 1. The van der Waals surface area contributed by atoms with Crippen LogP contribution in [0.25, 0.3) is 0 Å². The number of Topliss-reactive ketones (excluding diaryl/α,β-unsaturated/α-hetero) is 1. The van der Waals surface area contributed by atoms with Crippen molar-refractivity contribution in [3.8, 4) is 0 Å². The molecule has 0 saturated heterocycles. The van der Waals surface area contributed by atoms with Crippen LogP contribution < -0.4 is 5.73 Å². The highest BCUT2D eigenvalue weighted by molar-refractivity contribution is 5.99. The molecule has 74 valence electrons. The molecule has 0 aromatic heterocycles. The first kappa shape index (κ1) is 14.4. The molecule has 0 fully saturated rings. The van der Waals surface area contributed by atoms with E-state index in [9.17, 15) is 4.79 Å². The molecule has 0 aliphatic heterocycles. The molecular weight excluding hydrogens is 162 g/mol. The van der Waals surface area contributed by atoms with Gasteiger partial charge in [-0.1, -0.05) is 51.7 Å². The van der Waals surface area contributed by atoms with Crippen molar-refractivity contribution in [3.05, 3.63) is 37.0 Å². The average molecular weight is 181 g/mol. The van der Waals surface area contributed by atoms with Crippen molar-refractivity contribution >= 4 is 5.78 Å². The van der Waals surface area contributed by atoms with E-state index in [1.807, 2.05) is 0 Å². The van der Waals surface area contributed by atoms with Gasteiger partial charge in [0, 0.05) is 5.57 Å². The second-order valence-electron chi connectivity index (χ2n) is 2.40. The molecule has 2 N–H and O–H groups in total. The minimum atomic E-state index is -0.116. The molecule has 2 nitrogen and oxygen atoms in total. The van der Waals surface area contributed by atoms with Crippen molar-refractivity contribution in [2.24, 2.45) is 5.73 Å². The molecule has 0 atom stereocenters. The maximum Gasteiger partial charge on any atom is 0.176 e. The van der Waals surface area contributed by atoms with Gasteiger partial charge in [0.25, 0.3) is 0 Å². The molecule has 2 heteroatoms. The molecular formula is C11H19NO. The van der Waals surface area contributed by atoms with Crippen molar-refractivity contribution in [1.82, 2.24) is 0 Å². The molecule has 0 unspecified atom stereocenters. The molecule has 13 heavy (non-hydrogen) atoms. The zero-order valence-corrected chi connectivity index (χ0v) is 8.55. The Kier molecular flexibility index (Phi) is 12.0. The largest absolute Gasteiger partial charge is 0.324 e. The zero-order chi connectivity index (χ0) is 10.7. The third-order valence-corrected chi connectivity index (χ3v) is 1.02. The summed E-state index contributed by atoms with van der Waals surface area (Å²) in [6, 6.07) is 0. The maximum absolute atomic E-state index is 10.8. The van der Waals surface area contributed by atoms with E-state index in [0.29, 0.717) is 5.57 Å². The van der Waals surface area contributed by atoms with Gasteiger partial charge in [0.2, 0.25) is 0 Å². The predicted octanol–water partition coefficient (Wildman–Crippen LogP) is 2.23. The molecule has 0 aliphatic rings. The highest BCUT2D eigenvalue weighted by Gasteiger charge is 1.99. The fraction of sp³-hybridized carbons (Fsp3) is 0.364. The van der Waals surface area contributed by atoms with Crippen molar-refractivity contribution in [1.29, 1.82) is 0 Å². The predicted molar refractivity (Wildman–Crippen MR) is 58.5 cm³/mol. The first-order valence-corrected chi connectivity index (χ1v) is 4.36. The van der Waals surface area contributed by atoms with Crippen LogP contribution in [0.3, 0.4) is 0 Å². The summed E-state index contributed by atoms with van der Waals surface area (Å²) in [5, 5.41) is 0. The third-order valence-electron chi connectivity index (χ3n) is 1.02. The van der Waals surface area contributed by atoms with E-state index in [1.165, 1.54) is 18.6 Å². The molecule has 0 saturated carbocycles. The number of hydrogen-bond donors (Lipinski definition) is 1. The minimum absolute atomic E-state index is 0.0195. The second-order valence-corrected chi connectivity index (χ2v) is 2.40. The van der Waals surface area contributed by atoms with E-state index in [1.54, 1.807) is 6.08 Å². The first-order valence-electron chi connectivity index (χ1n) is 4.36. The van der Waals surface area contributed by atoms with E-state index >= 15 is 0 Å². The normalized spacial score (nSPS) is 9.62. The van der Waals surface area contributed by atoms with Crippen LogP contribution in [0.1, 0.15) is 20.3 Å². The Morgan fingerprint density at radius 1 is 1.38 bits per heavy atom. The topological polar surface area (TPSA) is 43.1 Å². The van der Waals surface area contributed by atoms with Crippen LogP contribution in [0.2, 0.25) is 0 Å². The number of rotatable bonds is 4. The highest BCUT2D eigenvalue weighted by Crippen LogP contribution is 1.95. The zero-order valence-electron chi connectivity index (χ0n) is 8.55. The van der Waals surface area contributed by atoms with E-state index in [4.69, 9.17) is 5.73 Å². The van der Waals surface area contributed by atoms with Gasteiger partial charge in [-0.15, -0.1) is 0 Å². The lowest BCUT2D eigenvalue weighted by atomic mass is 10.1. The van der Waals surface area contributed by atoms with Crippen LogP contribution in [0, 0.1) is 0 Å². The maximum atomic E-state index is 10.8. The summed E-state index contributed by atoms with van der Waals surface area (Å²) in [5.41, 5.74) is 5.62. The van der Waals surface area contributed by atoms with Crippen LogP contribution in [-0.4, -0.2) is 12.3 Å². The van der Waals surface area contributed by atoms with E-state index in [-0.39, 0.29) is 12.3 Å².